The average molecular weight is 765 g/mol. The third kappa shape index (κ3) is 9.32. The quantitative estimate of drug-likeness (QED) is 0.129. The average Bonchev–Trinajstić information content (AvgIpc) is 3.92. The maximum absolute atomic E-state index is 13.8. The van der Waals surface area contributed by atoms with E-state index in [0.717, 1.165) is 0 Å². The first kappa shape index (κ1) is 39.2. The summed E-state index contributed by atoms with van der Waals surface area (Å²) in [6.07, 6.45) is 0. The highest BCUT2D eigenvalue weighted by molar-refractivity contribution is 7.12. The number of benzene rings is 4. The van der Waals surface area contributed by atoms with E-state index in [4.69, 9.17) is 11.5 Å². The van der Waals surface area contributed by atoms with Gasteiger partial charge in [0.2, 0.25) is 11.8 Å². The molecule has 276 valence electrons. The summed E-state index contributed by atoms with van der Waals surface area (Å²) < 4.78 is 27.5. The van der Waals surface area contributed by atoms with Crippen molar-refractivity contribution in [3.63, 3.8) is 0 Å². The lowest BCUT2D eigenvalue weighted by Crippen LogP contribution is -2.43. The molecule has 0 unspecified atom stereocenters. The number of thiophene rings is 2. The van der Waals surface area contributed by atoms with Gasteiger partial charge in [0.15, 0.2) is 0 Å². The lowest BCUT2D eigenvalue weighted by Gasteiger charge is -2.35. The van der Waals surface area contributed by atoms with Crippen molar-refractivity contribution < 1.29 is 28.0 Å². The molecule has 0 saturated heterocycles. The van der Waals surface area contributed by atoms with Crippen molar-refractivity contribution in [1.29, 1.82) is 0 Å². The Bertz CT molecular complexity index is 2010. The van der Waals surface area contributed by atoms with Gasteiger partial charge in [0.25, 0.3) is 11.8 Å². The van der Waals surface area contributed by atoms with Crippen LogP contribution in [-0.2, 0) is 9.59 Å². The normalized spacial score (nSPS) is 13.0. The number of hydrogen-bond acceptors (Lipinski definition) is 6. The first-order chi connectivity index (χ1) is 26.0. The van der Waals surface area contributed by atoms with Crippen molar-refractivity contribution in [3.8, 4) is 0 Å². The van der Waals surface area contributed by atoms with E-state index < -0.39 is 47.6 Å². The molecule has 54 heavy (non-hydrogen) atoms. The summed E-state index contributed by atoms with van der Waals surface area (Å²) in [6.45, 7) is 3.53. The van der Waals surface area contributed by atoms with Gasteiger partial charge in [0, 0.05) is 0 Å². The molecule has 2 aromatic heterocycles. The van der Waals surface area contributed by atoms with Gasteiger partial charge in [0.1, 0.15) is 23.7 Å². The van der Waals surface area contributed by atoms with Gasteiger partial charge in [-0.2, -0.15) is 0 Å². The van der Waals surface area contributed by atoms with Crippen LogP contribution in [-0.4, -0.2) is 33.4 Å². The Morgan fingerprint density at radius 2 is 0.852 bits per heavy atom. The first-order valence-electron chi connectivity index (χ1n) is 16.9. The van der Waals surface area contributed by atoms with Crippen LogP contribution < -0.4 is 11.5 Å². The second-order valence-electron chi connectivity index (χ2n) is 12.3. The first-order valence-corrected chi connectivity index (χ1v) is 18.7. The predicted octanol–water partition coefficient (Wildman–Crippen LogP) is 8.63. The van der Waals surface area contributed by atoms with Crippen molar-refractivity contribution in [2.45, 2.75) is 38.0 Å². The molecule has 0 spiro atoms. The van der Waals surface area contributed by atoms with Crippen LogP contribution in [0.5, 0.6) is 0 Å². The Morgan fingerprint density at radius 1 is 0.500 bits per heavy atom. The zero-order chi connectivity index (χ0) is 38.8. The molecule has 6 aromatic rings. The molecule has 0 fully saturated rings. The molecular weight excluding hydrogens is 727 g/mol. The fourth-order valence-corrected chi connectivity index (χ4v) is 7.47. The van der Waals surface area contributed by atoms with Crippen LogP contribution in [0.3, 0.4) is 0 Å². The molecule has 2 heterocycles. The third-order valence-electron chi connectivity index (χ3n) is 8.76. The van der Waals surface area contributed by atoms with Crippen LogP contribution in [0.4, 0.5) is 8.78 Å². The third-order valence-corrected chi connectivity index (χ3v) is 10.5. The van der Waals surface area contributed by atoms with Gasteiger partial charge in [-0.1, -0.05) is 97.1 Å². The Balaban J connectivity index is 0.000000208. The van der Waals surface area contributed by atoms with Crippen molar-refractivity contribution in [1.82, 2.24) is 9.80 Å². The van der Waals surface area contributed by atoms with Crippen LogP contribution >= 0.6 is 22.7 Å². The zero-order valence-electron chi connectivity index (χ0n) is 29.4. The molecule has 4 amide bonds. The number of rotatable bonds is 12. The molecule has 0 saturated carbocycles. The summed E-state index contributed by atoms with van der Waals surface area (Å²) >= 11 is 2.56. The molecule has 0 aliphatic rings. The molecule has 6 rings (SSSR count). The highest BCUT2D eigenvalue weighted by Gasteiger charge is 2.36. The maximum Gasteiger partial charge on any atom is 0.265 e. The standard InChI is InChI=1S/2C21H19FN2O2S/c2*1-14(16-9-5-10-17(22)13-16)24(21(26)18-11-6-12-27-18)19(20(23)25)15-7-3-2-4-8-15/h2*2-14,19H,1H3,(H2,23,25)/t14-,19+;14-,19-/m11/s1. The number of nitrogens with two attached hydrogens (primary N) is 2. The summed E-state index contributed by atoms with van der Waals surface area (Å²) in [5, 5.41) is 3.58. The summed E-state index contributed by atoms with van der Waals surface area (Å²) in [5.41, 5.74) is 13.8. The van der Waals surface area contributed by atoms with E-state index >= 15 is 0 Å². The Morgan fingerprint density at radius 3 is 1.15 bits per heavy atom. The SMILES string of the molecule is C[C@H](c1cccc(F)c1)N(C(=O)c1cccs1)[C@@H](C(N)=O)c1ccccc1.C[C@H](c1cccc(F)c1)N(C(=O)c1cccs1)[C@H](C(N)=O)c1ccccc1. The topological polar surface area (TPSA) is 127 Å². The lowest BCUT2D eigenvalue weighted by molar-refractivity contribution is -0.124. The Hall–Kier alpha value is -5.98. The van der Waals surface area contributed by atoms with Crippen molar-refractivity contribution >= 4 is 46.3 Å². The van der Waals surface area contributed by atoms with Crippen molar-refractivity contribution in [3.05, 3.63) is 188 Å². The fraction of sp³-hybridized carbons (Fsp3) is 0.143. The van der Waals surface area contributed by atoms with Gasteiger partial charge in [-0.25, -0.2) is 8.78 Å². The molecule has 12 heteroatoms. The molecule has 0 radical (unpaired) electrons. The minimum atomic E-state index is -0.973. The largest absolute Gasteiger partial charge is 0.368 e. The van der Waals surface area contributed by atoms with E-state index in [-0.39, 0.29) is 11.8 Å². The van der Waals surface area contributed by atoms with Gasteiger partial charge in [-0.05, 0) is 83.3 Å². The smallest absolute Gasteiger partial charge is 0.265 e. The van der Waals surface area contributed by atoms with Gasteiger partial charge in [0.05, 0.1) is 21.8 Å². The number of amides is 4. The molecule has 4 N–H and O–H groups in total. The number of nitrogens with zero attached hydrogens (tertiary/aromatic N) is 2. The van der Waals surface area contributed by atoms with E-state index in [1.807, 2.05) is 12.1 Å². The highest BCUT2D eigenvalue weighted by atomic mass is 32.1. The second kappa shape index (κ2) is 18.2. The molecule has 0 bridgehead atoms. The summed E-state index contributed by atoms with van der Waals surface area (Å²) in [6, 6.07) is 33.7. The van der Waals surface area contributed by atoms with Gasteiger partial charge < -0.3 is 21.3 Å². The van der Waals surface area contributed by atoms with E-state index in [2.05, 4.69) is 0 Å². The van der Waals surface area contributed by atoms with Crippen molar-refractivity contribution in [2.75, 3.05) is 0 Å². The van der Waals surface area contributed by atoms with Crippen LogP contribution in [0.2, 0.25) is 0 Å². The van der Waals surface area contributed by atoms with E-state index in [9.17, 15) is 28.0 Å². The van der Waals surface area contributed by atoms with E-state index in [1.54, 1.807) is 122 Å². The summed E-state index contributed by atoms with van der Waals surface area (Å²) in [7, 11) is 0. The van der Waals surface area contributed by atoms with E-state index in [1.165, 1.54) is 56.7 Å². The molecule has 0 aliphatic heterocycles. The van der Waals surface area contributed by atoms with Crippen molar-refractivity contribution in [2.24, 2.45) is 11.5 Å². The molecular formula is C42H38F2N4O4S2. The highest BCUT2D eigenvalue weighted by Crippen LogP contribution is 2.35. The monoisotopic (exact) mass is 764 g/mol. The van der Waals surface area contributed by atoms with Gasteiger partial charge >= 0.3 is 0 Å². The van der Waals surface area contributed by atoms with Crippen LogP contribution in [0.25, 0.3) is 0 Å². The zero-order valence-corrected chi connectivity index (χ0v) is 31.1. The summed E-state index contributed by atoms with van der Waals surface area (Å²) in [4.78, 5) is 55.1. The van der Waals surface area contributed by atoms with E-state index in [0.29, 0.717) is 32.0 Å². The Kier molecular flexibility index (Phi) is 13.2. The van der Waals surface area contributed by atoms with Crippen LogP contribution in [0.15, 0.2) is 144 Å². The molecule has 0 aliphatic carbocycles. The van der Waals surface area contributed by atoms with Crippen LogP contribution in [0, 0.1) is 11.6 Å². The van der Waals surface area contributed by atoms with Gasteiger partial charge in [-0.3, -0.25) is 19.2 Å². The number of primary amides is 2. The number of carbonyl (C=O) groups is 4. The lowest BCUT2D eigenvalue weighted by atomic mass is 9.99. The minimum absolute atomic E-state index is 0.325. The number of carbonyl (C=O) groups excluding carboxylic acids is 4. The predicted molar refractivity (Wildman–Crippen MR) is 207 cm³/mol. The maximum atomic E-state index is 13.8. The Labute approximate surface area is 320 Å². The molecule has 4 aromatic carbocycles. The van der Waals surface area contributed by atoms with Gasteiger partial charge in [-0.15, -0.1) is 22.7 Å². The van der Waals surface area contributed by atoms with Crippen LogP contribution in [0.1, 0.15) is 79.6 Å². The fourth-order valence-electron chi connectivity index (χ4n) is 6.14. The molecule has 8 nitrogen and oxygen atoms in total. The second-order valence-corrected chi connectivity index (χ2v) is 14.2. The minimum Gasteiger partial charge on any atom is -0.368 e. The molecule has 4 atom stereocenters. The number of halogens is 2. The summed E-state index contributed by atoms with van der Waals surface area (Å²) in [5.74, 6) is -2.75. The number of hydrogen-bond donors (Lipinski definition) is 2.